The molecule has 0 fully saturated rings. The molecule has 8 heavy (non-hydrogen) atoms. The molecule has 0 spiro atoms. The smallest absolute Gasteiger partial charge is 0.348 e. The van der Waals surface area contributed by atoms with Crippen molar-refractivity contribution in [3.05, 3.63) is 12.2 Å². The summed E-state index contributed by atoms with van der Waals surface area (Å²) in [5.74, 6) is -0.569. The van der Waals surface area contributed by atoms with Gasteiger partial charge in [-0.3, -0.25) is 0 Å². The van der Waals surface area contributed by atoms with Gasteiger partial charge in [0.05, 0.1) is 5.57 Å². The molecule has 0 atom stereocenters. The summed E-state index contributed by atoms with van der Waals surface area (Å²) in [6.07, 6.45) is 0.848. The van der Waals surface area contributed by atoms with Crippen LogP contribution in [0.1, 0.15) is 0 Å². The summed E-state index contributed by atoms with van der Waals surface area (Å²) in [4.78, 5) is 10.3. The van der Waals surface area contributed by atoms with E-state index < -0.39 is 5.97 Å². The van der Waals surface area contributed by atoms with Gasteiger partial charge in [0.25, 0.3) is 0 Å². The first kappa shape index (κ1) is 7.61. The molecule has 0 saturated heterocycles. The Kier molecular flexibility index (Phi) is 3.42. The van der Waals surface area contributed by atoms with Crippen LogP contribution in [0.2, 0.25) is 0 Å². The second kappa shape index (κ2) is 3.59. The Morgan fingerprint density at radius 1 is 1.88 bits per heavy atom. The lowest BCUT2D eigenvalue weighted by Crippen LogP contribution is -1.99. The van der Waals surface area contributed by atoms with E-state index in [-0.39, 0.29) is 5.57 Å². The largest absolute Gasteiger partial charge is 0.391 e. The normalized spacial score (nSPS) is 7.62. The first-order valence-electron chi connectivity index (χ1n) is 1.74. The van der Waals surface area contributed by atoms with Crippen molar-refractivity contribution in [3.63, 3.8) is 0 Å². The Morgan fingerprint density at radius 3 is 2.50 bits per heavy atom. The number of nitrogens with one attached hydrogen (secondary N) is 1. The van der Waals surface area contributed by atoms with Gasteiger partial charge in [-0.05, 0) is 0 Å². The molecule has 0 aromatic carbocycles. The maximum atomic E-state index is 10.3. The van der Waals surface area contributed by atoms with Crippen LogP contribution in [0.25, 0.3) is 0 Å². The van der Waals surface area contributed by atoms with Crippen molar-refractivity contribution >= 4 is 35.2 Å². The van der Waals surface area contributed by atoms with Gasteiger partial charge in [0.1, 0.15) is 0 Å². The van der Waals surface area contributed by atoms with Crippen LogP contribution < -0.4 is 0 Å². The van der Waals surface area contributed by atoms with Crippen molar-refractivity contribution in [2.75, 3.05) is 0 Å². The lowest BCUT2D eigenvalue weighted by molar-refractivity contribution is -0.126. The summed E-state index contributed by atoms with van der Waals surface area (Å²) >= 11 is 1.44. The Labute approximate surface area is 60.9 Å². The topological polar surface area (TPSA) is 50.2 Å². The third-order valence-corrected chi connectivity index (χ3v) is 0.906. The molecule has 1 N–H and O–H groups in total. The second-order valence-electron chi connectivity index (χ2n) is 1.03. The highest BCUT2D eigenvalue weighted by Crippen LogP contribution is 1.94. The van der Waals surface area contributed by atoms with Gasteiger partial charge in [0.15, 0.2) is 23.0 Å². The minimum absolute atomic E-state index is 0.0550. The van der Waals surface area contributed by atoms with Crippen LogP contribution in [0.15, 0.2) is 12.2 Å². The Balaban J connectivity index is 3.82. The van der Waals surface area contributed by atoms with Crippen LogP contribution >= 0.6 is 23.0 Å². The molecule has 0 aromatic rings. The number of rotatable bonds is 2. The molecule has 0 aliphatic rings. The van der Waals surface area contributed by atoms with Gasteiger partial charge in [0, 0.05) is 6.21 Å². The average molecular weight is 225 g/mol. The van der Waals surface area contributed by atoms with Crippen LogP contribution in [0.5, 0.6) is 0 Å². The summed E-state index contributed by atoms with van der Waals surface area (Å²) in [5.41, 5.74) is 0.0550. The van der Waals surface area contributed by atoms with Crippen molar-refractivity contribution in [2.45, 2.75) is 0 Å². The minimum atomic E-state index is -0.569. The summed E-state index contributed by atoms with van der Waals surface area (Å²) in [6.45, 7) is 3.22. The molecule has 0 aliphatic heterocycles. The fourth-order valence-electron chi connectivity index (χ4n) is 0.108. The zero-order chi connectivity index (χ0) is 6.57. The van der Waals surface area contributed by atoms with E-state index in [4.69, 9.17) is 5.41 Å². The number of carbonyl (C=O) groups excluding carboxylic acids is 1. The molecule has 0 bridgehead atoms. The minimum Gasteiger partial charge on any atom is -0.391 e. The highest BCUT2D eigenvalue weighted by molar-refractivity contribution is 14.1. The Morgan fingerprint density at radius 2 is 2.38 bits per heavy atom. The van der Waals surface area contributed by atoms with E-state index in [0.29, 0.717) is 0 Å². The highest BCUT2D eigenvalue weighted by Gasteiger charge is 2.01. The van der Waals surface area contributed by atoms with Crippen LogP contribution in [0.3, 0.4) is 0 Å². The fourth-order valence-corrected chi connectivity index (χ4v) is 0.391. The molecule has 0 saturated carbocycles. The Bertz CT molecular complexity index is 132. The van der Waals surface area contributed by atoms with Crippen molar-refractivity contribution in [3.8, 4) is 0 Å². The van der Waals surface area contributed by atoms with E-state index in [0.717, 1.165) is 6.21 Å². The van der Waals surface area contributed by atoms with E-state index in [1.54, 1.807) is 0 Å². The van der Waals surface area contributed by atoms with Gasteiger partial charge in [-0.15, -0.1) is 0 Å². The monoisotopic (exact) mass is 225 g/mol. The number of hydrogen-bond acceptors (Lipinski definition) is 3. The number of halogens is 1. The van der Waals surface area contributed by atoms with E-state index in [9.17, 15) is 4.79 Å². The highest BCUT2D eigenvalue weighted by atomic mass is 127. The fraction of sp³-hybridized carbons (Fsp3) is 0. The van der Waals surface area contributed by atoms with Gasteiger partial charge >= 0.3 is 5.97 Å². The molecule has 0 amide bonds. The lowest BCUT2D eigenvalue weighted by Gasteiger charge is -1.89. The molecule has 0 unspecified atom stereocenters. The molecule has 0 rings (SSSR count). The first-order valence-corrected chi connectivity index (χ1v) is 2.62. The van der Waals surface area contributed by atoms with E-state index in [1.165, 1.54) is 23.0 Å². The Hall–Kier alpha value is -0.390. The number of hydrogen-bond donors (Lipinski definition) is 1. The van der Waals surface area contributed by atoms with Crippen LogP contribution in [0, 0.1) is 5.41 Å². The van der Waals surface area contributed by atoms with E-state index in [1.807, 2.05) is 0 Å². The summed E-state index contributed by atoms with van der Waals surface area (Å²) in [6, 6.07) is 0. The standard InChI is InChI=1S/C4H4INO2/c1-3(2-6)4(7)8-5/h2,6H,1H2. The molecule has 0 heterocycles. The first-order chi connectivity index (χ1) is 3.72. The van der Waals surface area contributed by atoms with Gasteiger partial charge in [-0.1, -0.05) is 6.58 Å². The van der Waals surface area contributed by atoms with Gasteiger partial charge < -0.3 is 8.48 Å². The summed E-state index contributed by atoms with van der Waals surface area (Å²) in [7, 11) is 0. The van der Waals surface area contributed by atoms with Crippen molar-refractivity contribution in [2.24, 2.45) is 0 Å². The average Bonchev–Trinajstić information content (AvgIpc) is 1.84. The third kappa shape index (κ3) is 2.06. The summed E-state index contributed by atoms with van der Waals surface area (Å²) in [5, 5.41) is 6.51. The molecule has 0 aliphatic carbocycles. The number of carbonyl (C=O) groups is 1. The molecule has 0 radical (unpaired) electrons. The SMILES string of the molecule is C=C(C=N)C(=O)OI. The molecular weight excluding hydrogens is 221 g/mol. The predicted octanol–water partition coefficient (Wildman–Crippen LogP) is 1.09. The van der Waals surface area contributed by atoms with E-state index >= 15 is 0 Å². The maximum absolute atomic E-state index is 10.3. The van der Waals surface area contributed by atoms with Crippen molar-refractivity contribution in [1.82, 2.24) is 0 Å². The molecule has 44 valence electrons. The molecule has 4 heteroatoms. The van der Waals surface area contributed by atoms with Crippen LogP contribution in [0.4, 0.5) is 0 Å². The van der Waals surface area contributed by atoms with Gasteiger partial charge in [-0.25, -0.2) is 4.79 Å². The van der Waals surface area contributed by atoms with Gasteiger partial charge in [0.2, 0.25) is 0 Å². The molecular formula is C4H4INO2. The van der Waals surface area contributed by atoms with Crippen LogP contribution in [-0.4, -0.2) is 12.2 Å². The zero-order valence-electron chi connectivity index (χ0n) is 3.98. The van der Waals surface area contributed by atoms with Crippen molar-refractivity contribution < 1.29 is 7.86 Å². The van der Waals surface area contributed by atoms with E-state index in [2.05, 4.69) is 9.65 Å². The van der Waals surface area contributed by atoms with Gasteiger partial charge in [-0.2, -0.15) is 0 Å². The molecule has 0 aromatic heterocycles. The zero-order valence-corrected chi connectivity index (χ0v) is 6.14. The predicted molar refractivity (Wildman–Crippen MR) is 38.0 cm³/mol. The summed E-state index contributed by atoms with van der Waals surface area (Å²) < 4.78 is 4.18. The maximum Gasteiger partial charge on any atom is 0.348 e. The quantitative estimate of drug-likeness (QED) is 0.434. The third-order valence-electron chi connectivity index (χ3n) is 0.506. The van der Waals surface area contributed by atoms with Crippen LogP contribution in [-0.2, 0) is 7.86 Å². The second-order valence-corrected chi connectivity index (χ2v) is 1.47. The lowest BCUT2D eigenvalue weighted by atomic mass is 10.3. The molecule has 3 nitrogen and oxygen atoms in total. The van der Waals surface area contributed by atoms with Crippen molar-refractivity contribution in [1.29, 1.82) is 5.41 Å².